The topological polar surface area (TPSA) is 57.7 Å². The summed E-state index contributed by atoms with van der Waals surface area (Å²) in [5.41, 5.74) is 1.99. The predicted molar refractivity (Wildman–Crippen MR) is 96.6 cm³/mol. The lowest BCUT2D eigenvalue weighted by Gasteiger charge is -2.26. The van der Waals surface area contributed by atoms with Crippen molar-refractivity contribution in [3.05, 3.63) is 71.3 Å². The SMILES string of the molecule is O=C1c2ccccc2C(=O)N1CCC(=O)N1CCC[C@@H]1c1ccccc1. The fourth-order valence-corrected chi connectivity index (χ4v) is 3.88. The molecule has 1 fully saturated rings. The van der Waals surface area contributed by atoms with E-state index in [1.165, 1.54) is 4.90 Å². The maximum atomic E-state index is 12.7. The monoisotopic (exact) mass is 348 g/mol. The van der Waals surface area contributed by atoms with Crippen molar-refractivity contribution in [2.24, 2.45) is 0 Å². The van der Waals surface area contributed by atoms with Crippen molar-refractivity contribution < 1.29 is 14.4 Å². The second-order valence-electron chi connectivity index (χ2n) is 6.71. The van der Waals surface area contributed by atoms with Crippen molar-refractivity contribution in [1.82, 2.24) is 9.80 Å². The number of fused-ring (bicyclic) bond motifs is 1. The summed E-state index contributed by atoms with van der Waals surface area (Å²) in [5.74, 6) is -0.619. The average molecular weight is 348 g/mol. The minimum absolute atomic E-state index is 0.00657. The van der Waals surface area contributed by atoms with Crippen LogP contribution in [0.3, 0.4) is 0 Å². The van der Waals surface area contributed by atoms with Crippen LogP contribution >= 0.6 is 0 Å². The summed E-state index contributed by atoms with van der Waals surface area (Å²) in [6.07, 6.45) is 2.08. The van der Waals surface area contributed by atoms with Gasteiger partial charge in [-0.1, -0.05) is 42.5 Å². The van der Waals surface area contributed by atoms with Crippen LogP contribution in [0, 0.1) is 0 Å². The van der Waals surface area contributed by atoms with E-state index in [0.717, 1.165) is 24.9 Å². The van der Waals surface area contributed by atoms with Crippen LogP contribution < -0.4 is 0 Å². The van der Waals surface area contributed by atoms with Gasteiger partial charge in [0.1, 0.15) is 0 Å². The van der Waals surface area contributed by atoms with Gasteiger partial charge in [-0.15, -0.1) is 0 Å². The first-order chi connectivity index (χ1) is 12.7. The Kier molecular flexibility index (Phi) is 4.29. The molecule has 2 aromatic carbocycles. The molecular formula is C21H20N2O3. The molecule has 0 N–H and O–H groups in total. The molecule has 2 heterocycles. The van der Waals surface area contributed by atoms with E-state index < -0.39 is 0 Å². The molecule has 0 bridgehead atoms. The zero-order chi connectivity index (χ0) is 18.1. The van der Waals surface area contributed by atoms with Crippen LogP contribution in [-0.2, 0) is 4.79 Å². The van der Waals surface area contributed by atoms with E-state index in [4.69, 9.17) is 0 Å². The second kappa shape index (κ2) is 6.75. The molecular weight excluding hydrogens is 328 g/mol. The quantitative estimate of drug-likeness (QED) is 0.798. The molecule has 2 aliphatic heterocycles. The maximum absolute atomic E-state index is 12.7. The Labute approximate surface area is 152 Å². The molecule has 132 valence electrons. The molecule has 0 spiro atoms. The molecule has 0 aromatic heterocycles. The smallest absolute Gasteiger partial charge is 0.261 e. The Morgan fingerprint density at radius 1 is 0.923 bits per heavy atom. The Morgan fingerprint density at radius 3 is 2.19 bits per heavy atom. The first-order valence-corrected chi connectivity index (χ1v) is 8.96. The van der Waals surface area contributed by atoms with Crippen LogP contribution in [0.5, 0.6) is 0 Å². The fourth-order valence-electron chi connectivity index (χ4n) is 3.88. The van der Waals surface area contributed by atoms with Gasteiger partial charge in [-0.3, -0.25) is 19.3 Å². The van der Waals surface area contributed by atoms with Crippen LogP contribution in [0.1, 0.15) is 51.6 Å². The van der Waals surface area contributed by atoms with Gasteiger partial charge in [0.05, 0.1) is 17.2 Å². The molecule has 26 heavy (non-hydrogen) atoms. The normalized spacial score (nSPS) is 19.2. The molecule has 5 heteroatoms. The predicted octanol–water partition coefficient (Wildman–Crippen LogP) is 3.04. The number of hydrogen-bond donors (Lipinski definition) is 0. The van der Waals surface area contributed by atoms with Crippen molar-refractivity contribution in [2.45, 2.75) is 25.3 Å². The van der Waals surface area contributed by atoms with Gasteiger partial charge in [-0.2, -0.15) is 0 Å². The Morgan fingerprint density at radius 2 is 1.54 bits per heavy atom. The van der Waals surface area contributed by atoms with Gasteiger partial charge in [0.2, 0.25) is 5.91 Å². The molecule has 0 radical (unpaired) electrons. The Bertz CT molecular complexity index is 828. The molecule has 4 rings (SSSR count). The molecule has 2 aliphatic rings. The van der Waals surface area contributed by atoms with E-state index in [-0.39, 0.29) is 36.7 Å². The first-order valence-electron chi connectivity index (χ1n) is 8.96. The van der Waals surface area contributed by atoms with Gasteiger partial charge in [0, 0.05) is 19.5 Å². The number of imide groups is 1. The number of benzene rings is 2. The number of rotatable bonds is 4. The molecule has 0 aliphatic carbocycles. The van der Waals surface area contributed by atoms with Crippen molar-refractivity contribution in [3.63, 3.8) is 0 Å². The summed E-state index contributed by atoms with van der Waals surface area (Å²) in [7, 11) is 0. The summed E-state index contributed by atoms with van der Waals surface area (Å²) in [6, 6.07) is 16.9. The average Bonchev–Trinajstić information content (AvgIpc) is 3.26. The molecule has 1 saturated heterocycles. The van der Waals surface area contributed by atoms with Crippen LogP contribution in [0.25, 0.3) is 0 Å². The summed E-state index contributed by atoms with van der Waals surface area (Å²) in [6.45, 7) is 0.851. The molecule has 0 saturated carbocycles. The van der Waals surface area contributed by atoms with Crippen LogP contribution in [-0.4, -0.2) is 40.6 Å². The number of hydrogen-bond acceptors (Lipinski definition) is 3. The van der Waals surface area contributed by atoms with E-state index in [9.17, 15) is 14.4 Å². The fraction of sp³-hybridized carbons (Fsp3) is 0.286. The minimum atomic E-state index is -0.306. The van der Waals surface area contributed by atoms with Gasteiger partial charge in [0.15, 0.2) is 0 Å². The molecule has 0 unspecified atom stereocenters. The zero-order valence-electron chi connectivity index (χ0n) is 14.4. The molecule has 2 aromatic rings. The summed E-state index contributed by atoms with van der Waals surface area (Å²) in [4.78, 5) is 40.6. The lowest BCUT2D eigenvalue weighted by atomic mass is 10.0. The number of likely N-dealkylation sites (tertiary alicyclic amines) is 1. The Hall–Kier alpha value is -2.95. The third-order valence-corrected chi connectivity index (χ3v) is 5.18. The number of carbonyl (C=O) groups is 3. The summed E-state index contributed by atoms with van der Waals surface area (Å²) >= 11 is 0. The van der Waals surface area contributed by atoms with Gasteiger partial charge in [-0.05, 0) is 30.5 Å². The largest absolute Gasteiger partial charge is 0.336 e. The lowest BCUT2D eigenvalue weighted by molar-refractivity contribution is -0.132. The van der Waals surface area contributed by atoms with Gasteiger partial charge in [-0.25, -0.2) is 0 Å². The van der Waals surface area contributed by atoms with Crippen molar-refractivity contribution in [1.29, 1.82) is 0 Å². The minimum Gasteiger partial charge on any atom is -0.336 e. The summed E-state index contributed by atoms with van der Waals surface area (Å²) in [5, 5.41) is 0. The van der Waals surface area contributed by atoms with Crippen molar-refractivity contribution in [2.75, 3.05) is 13.1 Å². The molecule has 1 atom stereocenters. The summed E-state index contributed by atoms with van der Waals surface area (Å²) < 4.78 is 0. The maximum Gasteiger partial charge on any atom is 0.261 e. The van der Waals surface area contributed by atoms with E-state index in [1.807, 2.05) is 35.2 Å². The van der Waals surface area contributed by atoms with E-state index in [1.54, 1.807) is 24.3 Å². The van der Waals surface area contributed by atoms with E-state index in [0.29, 0.717) is 11.1 Å². The van der Waals surface area contributed by atoms with Gasteiger partial charge in [0.25, 0.3) is 11.8 Å². The van der Waals surface area contributed by atoms with Crippen LogP contribution in [0.15, 0.2) is 54.6 Å². The second-order valence-corrected chi connectivity index (χ2v) is 6.71. The first kappa shape index (κ1) is 16.5. The van der Waals surface area contributed by atoms with Crippen molar-refractivity contribution in [3.8, 4) is 0 Å². The lowest BCUT2D eigenvalue weighted by Crippen LogP contribution is -2.36. The standard InChI is InChI=1S/C21H20N2O3/c24-19(22-13-6-11-18(22)15-7-2-1-3-8-15)12-14-23-20(25)16-9-4-5-10-17(16)21(23)26/h1-5,7-10,18H,6,11-14H2/t18-/m1/s1. The molecule has 3 amide bonds. The number of nitrogens with zero attached hydrogens (tertiary/aromatic N) is 2. The third-order valence-electron chi connectivity index (χ3n) is 5.18. The highest BCUT2D eigenvalue weighted by atomic mass is 16.2. The molecule has 5 nitrogen and oxygen atoms in total. The Balaban J connectivity index is 1.43. The third kappa shape index (κ3) is 2.79. The van der Waals surface area contributed by atoms with Crippen LogP contribution in [0.4, 0.5) is 0 Å². The van der Waals surface area contributed by atoms with Crippen molar-refractivity contribution >= 4 is 17.7 Å². The highest BCUT2D eigenvalue weighted by Gasteiger charge is 2.36. The van der Waals surface area contributed by atoms with Gasteiger partial charge >= 0.3 is 0 Å². The highest BCUT2D eigenvalue weighted by molar-refractivity contribution is 6.21. The van der Waals surface area contributed by atoms with Crippen LogP contribution in [0.2, 0.25) is 0 Å². The van der Waals surface area contributed by atoms with E-state index in [2.05, 4.69) is 0 Å². The highest BCUT2D eigenvalue weighted by Crippen LogP contribution is 2.32. The number of carbonyl (C=O) groups excluding carboxylic acids is 3. The zero-order valence-corrected chi connectivity index (χ0v) is 14.4. The number of amides is 3. The van der Waals surface area contributed by atoms with E-state index >= 15 is 0 Å². The van der Waals surface area contributed by atoms with Gasteiger partial charge < -0.3 is 4.90 Å².